The van der Waals surface area contributed by atoms with Crippen molar-refractivity contribution in [1.82, 2.24) is 4.98 Å². The van der Waals surface area contributed by atoms with Gasteiger partial charge in [-0.15, -0.1) is 0 Å². The van der Waals surface area contributed by atoms with Gasteiger partial charge >= 0.3 is 0 Å². The zero-order valence-electron chi connectivity index (χ0n) is 11.4. The molecule has 0 bridgehead atoms. The lowest BCUT2D eigenvalue weighted by Gasteiger charge is -2.34. The number of hydrogen-bond acceptors (Lipinski definition) is 4. The van der Waals surface area contributed by atoms with Crippen molar-refractivity contribution >= 4 is 21.6 Å². The molecule has 3 rings (SSSR count). The fourth-order valence-electron chi connectivity index (χ4n) is 2.45. The molecule has 0 radical (unpaired) electrons. The third-order valence-corrected chi connectivity index (χ3v) is 4.27. The van der Waals surface area contributed by atoms with E-state index in [0.717, 1.165) is 28.8 Å². The largest absolute Gasteiger partial charge is 0.370 e. The van der Waals surface area contributed by atoms with Crippen molar-refractivity contribution < 1.29 is 4.74 Å². The minimum atomic E-state index is 0.0324. The third kappa shape index (κ3) is 3.07. The molecule has 106 valence electrons. The Bertz CT molecular complexity index is 666. The molecule has 0 saturated carbocycles. The van der Waals surface area contributed by atoms with Gasteiger partial charge in [-0.05, 0) is 23.8 Å². The number of benzene rings is 1. The molecule has 2 aromatic rings. The SMILES string of the molecule is N#Cc1ccc(N2CCO[C@H](c3ccccc3Br)C2)cn1. The molecule has 5 heteroatoms. The summed E-state index contributed by atoms with van der Waals surface area (Å²) in [5.41, 5.74) is 2.62. The maximum Gasteiger partial charge on any atom is 0.140 e. The van der Waals surface area contributed by atoms with Crippen molar-refractivity contribution in [2.45, 2.75) is 6.10 Å². The van der Waals surface area contributed by atoms with Crippen LogP contribution in [0.15, 0.2) is 47.1 Å². The summed E-state index contributed by atoms with van der Waals surface area (Å²) in [7, 11) is 0. The summed E-state index contributed by atoms with van der Waals surface area (Å²) in [5, 5.41) is 8.81. The van der Waals surface area contributed by atoms with Gasteiger partial charge in [0.2, 0.25) is 0 Å². The van der Waals surface area contributed by atoms with Gasteiger partial charge < -0.3 is 9.64 Å². The minimum Gasteiger partial charge on any atom is -0.370 e. The van der Waals surface area contributed by atoms with Gasteiger partial charge in [0.1, 0.15) is 17.9 Å². The molecule has 1 aliphatic rings. The number of anilines is 1. The summed E-state index contributed by atoms with van der Waals surface area (Å²) in [6.07, 6.45) is 1.78. The van der Waals surface area contributed by atoms with Crippen molar-refractivity contribution in [2.24, 2.45) is 0 Å². The predicted molar refractivity (Wildman–Crippen MR) is 84.0 cm³/mol. The average molecular weight is 344 g/mol. The van der Waals surface area contributed by atoms with Gasteiger partial charge in [0, 0.05) is 17.6 Å². The monoisotopic (exact) mass is 343 g/mol. The van der Waals surface area contributed by atoms with Crippen LogP contribution >= 0.6 is 15.9 Å². The summed E-state index contributed by atoms with van der Waals surface area (Å²) in [6.45, 7) is 2.27. The maximum atomic E-state index is 8.81. The second kappa shape index (κ2) is 6.25. The van der Waals surface area contributed by atoms with E-state index in [1.807, 2.05) is 30.3 Å². The molecule has 2 heterocycles. The molecule has 0 spiro atoms. The van der Waals surface area contributed by atoms with Crippen LogP contribution in [0.25, 0.3) is 0 Å². The number of aromatic nitrogens is 1. The molecular formula is C16H14BrN3O. The van der Waals surface area contributed by atoms with E-state index in [1.54, 1.807) is 12.3 Å². The number of rotatable bonds is 2. The summed E-state index contributed by atoms with van der Waals surface area (Å²) in [5.74, 6) is 0. The maximum absolute atomic E-state index is 8.81. The van der Waals surface area contributed by atoms with Crippen molar-refractivity contribution in [1.29, 1.82) is 5.26 Å². The molecule has 1 saturated heterocycles. The van der Waals surface area contributed by atoms with Crippen LogP contribution in [0.4, 0.5) is 5.69 Å². The Labute approximate surface area is 132 Å². The molecule has 1 atom stereocenters. The first-order valence-electron chi connectivity index (χ1n) is 6.75. The lowest BCUT2D eigenvalue weighted by atomic mass is 10.1. The van der Waals surface area contributed by atoms with Gasteiger partial charge in [-0.1, -0.05) is 34.1 Å². The van der Waals surface area contributed by atoms with E-state index in [1.165, 1.54) is 0 Å². The van der Waals surface area contributed by atoms with Crippen molar-refractivity contribution in [3.8, 4) is 6.07 Å². The summed E-state index contributed by atoms with van der Waals surface area (Å²) < 4.78 is 6.96. The summed E-state index contributed by atoms with van der Waals surface area (Å²) in [6, 6.07) is 13.9. The molecule has 0 amide bonds. The van der Waals surface area contributed by atoms with Gasteiger partial charge in [-0.25, -0.2) is 4.98 Å². The van der Waals surface area contributed by atoms with Crippen LogP contribution in [0.1, 0.15) is 17.4 Å². The first-order valence-corrected chi connectivity index (χ1v) is 7.54. The smallest absolute Gasteiger partial charge is 0.140 e. The van der Waals surface area contributed by atoms with Crippen LogP contribution < -0.4 is 4.90 Å². The predicted octanol–water partition coefficient (Wildman–Crippen LogP) is 3.29. The van der Waals surface area contributed by atoms with Crippen LogP contribution in [0.3, 0.4) is 0 Å². The van der Waals surface area contributed by atoms with Crippen LogP contribution in [-0.4, -0.2) is 24.7 Å². The van der Waals surface area contributed by atoms with E-state index < -0.39 is 0 Å². The normalized spacial score (nSPS) is 18.3. The Kier molecular flexibility index (Phi) is 4.18. The standard InChI is InChI=1S/C16H14BrN3O/c17-15-4-2-1-3-14(15)16-11-20(7-8-21-16)13-6-5-12(9-18)19-10-13/h1-6,10,16H,7-8,11H2/t16-/m0/s1. The molecule has 1 aromatic heterocycles. The Morgan fingerprint density at radius 1 is 1.29 bits per heavy atom. The van der Waals surface area contributed by atoms with Crippen molar-refractivity contribution in [2.75, 3.05) is 24.6 Å². The molecule has 1 aliphatic heterocycles. The first kappa shape index (κ1) is 14.1. The van der Waals surface area contributed by atoms with Gasteiger partial charge in [0.15, 0.2) is 0 Å². The van der Waals surface area contributed by atoms with E-state index in [4.69, 9.17) is 10.00 Å². The van der Waals surface area contributed by atoms with Crippen LogP contribution in [0.2, 0.25) is 0 Å². The molecular weight excluding hydrogens is 330 g/mol. The molecule has 0 N–H and O–H groups in total. The first-order chi connectivity index (χ1) is 10.3. The molecule has 21 heavy (non-hydrogen) atoms. The highest BCUT2D eigenvalue weighted by Gasteiger charge is 2.23. The van der Waals surface area contributed by atoms with E-state index in [2.05, 4.69) is 31.9 Å². The number of hydrogen-bond donors (Lipinski definition) is 0. The van der Waals surface area contributed by atoms with E-state index >= 15 is 0 Å². The average Bonchev–Trinajstić information content (AvgIpc) is 2.55. The van der Waals surface area contributed by atoms with Gasteiger partial charge in [0.05, 0.1) is 18.5 Å². The summed E-state index contributed by atoms with van der Waals surface area (Å²) in [4.78, 5) is 6.37. The van der Waals surface area contributed by atoms with Crippen LogP contribution in [-0.2, 0) is 4.74 Å². The number of pyridine rings is 1. The number of morpholine rings is 1. The molecule has 4 nitrogen and oxygen atoms in total. The van der Waals surface area contributed by atoms with E-state index in [0.29, 0.717) is 12.3 Å². The van der Waals surface area contributed by atoms with Gasteiger partial charge in [-0.2, -0.15) is 5.26 Å². The van der Waals surface area contributed by atoms with Crippen LogP contribution in [0.5, 0.6) is 0 Å². The molecule has 0 aliphatic carbocycles. The van der Waals surface area contributed by atoms with Crippen LogP contribution in [0, 0.1) is 11.3 Å². The highest BCUT2D eigenvalue weighted by molar-refractivity contribution is 9.10. The quantitative estimate of drug-likeness (QED) is 0.839. The van der Waals surface area contributed by atoms with Crippen molar-refractivity contribution in [3.63, 3.8) is 0 Å². The highest BCUT2D eigenvalue weighted by atomic mass is 79.9. The number of ether oxygens (including phenoxy) is 1. The zero-order valence-corrected chi connectivity index (χ0v) is 13.0. The fraction of sp³-hybridized carbons (Fsp3) is 0.250. The lowest BCUT2D eigenvalue weighted by molar-refractivity contribution is 0.0393. The Morgan fingerprint density at radius 3 is 2.86 bits per heavy atom. The second-order valence-corrected chi connectivity index (χ2v) is 5.69. The zero-order chi connectivity index (χ0) is 14.7. The fourth-order valence-corrected chi connectivity index (χ4v) is 2.99. The lowest BCUT2D eigenvalue weighted by Crippen LogP contribution is -2.38. The Hall–Kier alpha value is -1.90. The number of nitriles is 1. The number of halogens is 1. The van der Waals surface area contributed by atoms with Gasteiger partial charge in [-0.3, -0.25) is 0 Å². The molecule has 0 unspecified atom stereocenters. The van der Waals surface area contributed by atoms with Crippen molar-refractivity contribution in [3.05, 3.63) is 58.3 Å². The van der Waals surface area contributed by atoms with Gasteiger partial charge in [0.25, 0.3) is 0 Å². The highest BCUT2D eigenvalue weighted by Crippen LogP contribution is 2.30. The minimum absolute atomic E-state index is 0.0324. The molecule has 1 aromatic carbocycles. The summed E-state index contributed by atoms with van der Waals surface area (Å²) >= 11 is 3.58. The topological polar surface area (TPSA) is 49.2 Å². The van der Waals surface area contributed by atoms with E-state index in [9.17, 15) is 0 Å². The Balaban J connectivity index is 1.79. The second-order valence-electron chi connectivity index (χ2n) is 4.84. The third-order valence-electron chi connectivity index (χ3n) is 3.55. The van der Waals surface area contributed by atoms with E-state index in [-0.39, 0.29) is 6.10 Å². The number of nitrogens with zero attached hydrogens (tertiary/aromatic N) is 3. The molecule has 1 fully saturated rings. The Morgan fingerprint density at radius 2 is 2.14 bits per heavy atom.